The number of aryl methyl sites for hydroxylation is 4. The average molecular weight is 473 g/mol. The number of nitrogens with one attached hydrogen (secondary N) is 2. The standard InChI is InChI=1S/C22H24N4O2S3/c1-13-5-7-15(3)17(9-13)23-19(27)11-29-21-25-26-22(31-21)30-12-20(28)24-18-10-14(2)6-8-16(18)4/h5-10H,11-12H2,1-4H3,(H,23,27)(H,24,28). The van der Waals surface area contributed by atoms with E-state index < -0.39 is 0 Å². The van der Waals surface area contributed by atoms with Crippen molar-refractivity contribution < 1.29 is 9.59 Å². The van der Waals surface area contributed by atoms with Gasteiger partial charge >= 0.3 is 0 Å². The Morgan fingerprint density at radius 1 is 0.774 bits per heavy atom. The summed E-state index contributed by atoms with van der Waals surface area (Å²) in [5.74, 6) is 0.326. The molecule has 162 valence electrons. The van der Waals surface area contributed by atoms with E-state index in [9.17, 15) is 9.59 Å². The van der Waals surface area contributed by atoms with Gasteiger partial charge in [-0.25, -0.2) is 0 Å². The normalized spacial score (nSPS) is 10.7. The summed E-state index contributed by atoms with van der Waals surface area (Å²) in [6.07, 6.45) is 0. The Morgan fingerprint density at radius 3 is 1.61 bits per heavy atom. The van der Waals surface area contributed by atoms with E-state index in [1.165, 1.54) is 34.9 Å². The summed E-state index contributed by atoms with van der Waals surface area (Å²) in [5.41, 5.74) is 5.90. The Morgan fingerprint density at radius 2 is 1.19 bits per heavy atom. The second-order valence-corrected chi connectivity index (χ2v) is 10.6. The number of benzene rings is 2. The predicted molar refractivity (Wildman–Crippen MR) is 130 cm³/mol. The number of aromatic nitrogens is 2. The van der Waals surface area contributed by atoms with Gasteiger partial charge in [-0.05, 0) is 62.1 Å². The van der Waals surface area contributed by atoms with Gasteiger partial charge in [0.15, 0.2) is 8.68 Å². The van der Waals surface area contributed by atoms with Gasteiger partial charge in [0, 0.05) is 11.4 Å². The molecule has 6 nitrogen and oxygen atoms in total. The molecule has 9 heteroatoms. The molecule has 1 aromatic heterocycles. The van der Waals surface area contributed by atoms with Gasteiger partial charge in [-0.1, -0.05) is 59.1 Å². The highest BCUT2D eigenvalue weighted by Gasteiger charge is 2.12. The van der Waals surface area contributed by atoms with Crippen molar-refractivity contribution in [1.82, 2.24) is 10.2 Å². The number of thioether (sulfide) groups is 2. The first-order valence-electron chi connectivity index (χ1n) is 9.63. The Kier molecular flexibility index (Phi) is 8.11. The summed E-state index contributed by atoms with van der Waals surface area (Å²) in [4.78, 5) is 24.5. The molecule has 0 fully saturated rings. The van der Waals surface area contributed by atoms with Crippen LogP contribution in [0.25, 0.3) is 0 Å². The van der Waals surface area contributed by atoms with Crippen molar-refractivity contribution in [1.29, 1.82) is 0 Å². The molecule has 0 radical (unpaired) electrons. The minimum absolute atomic E-state index is 0.0870. The average Bonchev–Trinajstić information content (AvgIpc) is 3.18. The molecule has 31 heavy (non-hydrogen) atoms. The first-order chi connectivity index (χ1) is 14.8. The lowest BCUT2D eigenvalue weighted by Gasteiger charge is -2.08. The van der Waals surface area contributed by atoms with Gasteiger partial charge in [0.1, 0.15) is 0 Å². The van der Waals surface area contributed by atoms with Crippen molar-refractivity contribution >= 4 is 58.0 Å². The summed E-state index contributed by atoms with van der Waals surface area (Å²) in [6, 6.07) is 11.9. The molecule has 0 aliphatic heterocycles. The summed E-state index contributed by atoms with van der Waals surface area (Å²) < 4.78 is 1.40. The number of nitrogens with zero attached hydrogens (tertiary/aromatic N) is 2. The Labute approximate surface area is 194 Å². The minimum atomic E-state index is -0.0870. The van der Waals surface area contributed by atoms with Crippen LogP contribution in [-0.2, 0) is 9.59 Å². The van der Waals surface area contributed by atoms with Crippen molar-refractivity contribution in [3.05, 3.63) is 58.7 Å². The zero-order valence-corrected chi connectivity index (χ0v) is 20.3. The van der Waals surface area contributed by atoms with Crippen LogP contribution in [0.4, 0.5) is 11.4 Å². The van der Waals surface area contributed by atoms with Gasteiger partial charge in [0.05, 0.1) is 11.5 Å². The van der Waals surface area contributed by atoms with Crippen LogP contribution < -0.4 is 10.6 Å². The maximum atomic E-state index is 12.3. The molecular weight excluding hydrogens is 448 g/mol. The molecule has 2 N–H and O–H groups in total. The fraction of sp³-hybridized carbons (Fsp3) is 0.273. The van der Waals surface area contributed by atoms with Crippen LogP contribution in [0.2, 0.25) is 0 Å². The highest BCUT2D eigenvalue weighted by Crippen LogP contribution is 2.29. The van der Waals surface area contributed by atoms with Crippen LogP contribution >= 0.6 is 34.9 Å². The molecule has 0 bridgehead atoms. The third-order valence-corrected chi connectivity index (χ3v) is 7.57. The van der Waals surface area contributed by atoms with Gasteiger partial charge in [-0.15, -0.1) is 10.2 Å². The van der Waals surface area contributed by atoms with Crippen LogP contribution in [0, 0.1) is 27.7 Å². The fourth-order valence-electron chi connectivity index (χ4n) is 2.68. The maximum absolute atomic E-state index is 12.3. The Bertz CT molecular complexity index is 1010. The van der Waals surface area contributed by atoms with E-state index >= 15 is 0 Å². The Hall–Kier alpha value is -2.36. The van der Waals surface area contributed by atoms with Gasteiger partial charge < -0.3 is 10.6 Å². The third kappa shape index (κ3) is 7.09. The van der Waals surface area contributed by atoms with Gasteiger partial charge in [-0.2, -0.15) is 0 Å². The lowest BCUT2D eigenvalue weighted by molar-refractivity contribution is -0.114. The molecular formula is C22H24N4O2S3. The largest absolute Gasteiger partial charge is 0.325 e. The van der Waals surface area contributed by atoms with E-state index in [4.69, 9.17) is 0 Å². The molecule has 0 aliphatic rings. The van der Waals surface area contributed by atoms with Crippen molar-refractivity contribution in [2.24, 2.45) is 0 Å². The topological polar surface area (TPSA) is 84.0 Å². The van der Waals surface area contributed by atoms with E-state index in [0.29, 0.717) is 8.68 Å². The van der Waals surface area contributed by atoms with Crippen molar-refractivity contribution in [2.75, 3.05) is 22.1 Å². The summed E-state index contributed by atoms with van der Waals surface area (Å²) >= 11 is 4.06. The van der Waals surface area contributed by atoms with Gasteiger partial charge in [0.25, 0.3) is 0 Å². The van der Waals surface area contributed by atoms with E-state index in [1.807, 2.05) is 64.1 Å². The van der Waals surface area contributed by atoms with E-state index in [2.05, 4.69) is 20.8 Å². The van der Waals surface area contributed by atoms with Crippen molar-refractivity contribution in [2.45, 2.75) is 36.4 Å². The summed E-state index contributed by atoms with van der Waals surface area (Å²) in [5, 5.41) is 14.1. The SMILES string of the molecule is Cc1ccc(C)c(NC(=O)CSc2nnc(SCC(=O)Nc3cc(C)ccc3C)s2)c1. The highest BCUT2D eigenvalue weighted by atomic mass is 32.2. The van der Waals surface area contributed by atoms with Crippen LogP contribution in [-0.4, -0.2) is 33.5 Å². The molecule has 0 unspecified atom stereocenters. The molecule has 2 aromatic carbocycles. The number of hydrogen-bond acceptors (Lipinski definition) is 7. The lowest BCUT2D eigenvalue weighted by atomic mass is 10.1. The molecule has 3 aromatic rings. The fourth-order valence-corrected chi connectivity index (χ4v) is 5.30. The van der Waals surface area contributed by atoms with E-state index in [0.717, 1.165) is 33.6 Å². The zero-order valence-electron chi connectivity index (χ0n) is 17.8. The predicted octanol–water partition coefficient (Wildman–Crippen LogP) is 5.23. The number of amides is 2. The Balaban J connectivity index is 1.45. The summed E-state index contributed by atoms with van der Waals surface area (Å²) in [6.45, 7) is 7.92. The summed E-state index contributed by atoms with van der Waals surface area (Å²) in [7, 11) is 0. The third-order valence-electron chi connectivity index (χ3n) is 4.38. The number of anilines is 2. The van der Waals surface area contributed by atoms with E-state index in [-0.39, 0.29) is 23.3 Å². The highest BCUT2D eigenvalue weighted by molar-refractivity contribution is 8.03. The molecule has 0 spiro atoms. The first kappa shape index (κ1) is 23.3. The zero-order chi connectivity index (χ0) is 22.4. The monoisotopic (exact) mass is 472 g/mol. The maximum Gasteiger partial charge on any atom is 0.234 e. The molecule has 0 saturated carbocycles. The van der Waals surface area contributed by atoms with E-state index in [1.54, 1.807) is 0 Å². The van der Waals surface area contributed by atoms with Crippen LogP contribution in [0.3, 0.4) is 0 Å². The van der Waals surface area contributed by atoms with Gasteiger partial charge in [-0.3, -0.25) is 9.59 Å². The minimum Gasteiger partial charge on any atom is -0.325 e. The molecule has 0 atom stereocenters. The number of hydrogen-bond donors (Lipinski definition) is 2. The lowest BCUT2D eigenvalue weighted by Crippen LogP contribution is -2.14. The van der Waals surface area contributed by atoms with Crippen molar-refractivity contribution in [3.63, 3.8) is 0 Å². The van der Waals surface area contributed by atoms with Crippen LogP contribution in [0.1, 0.15) is 22.3 Å². The van der Waals surface area contributed by atoms with Crippen LogP contribution in [0.15, 0.2) is 45.1 Å². The quantitative estimate of drug-likeness (QED) is 0.437. The molecule has 0 aliphatic carbocycles. The smallest absolute Gasteiger partial charge is 0.234 e. The second kappa shape index (κ2) is 10.8. The second-order valence-electron chi connectivity index (χ2n) is 7.14. The number of carbonyl (C=O) groups excluding carboxylic acids is 2. The molecule has 0 saturated heterocycles. The van der Waals surface area contributed by atoms with Crippen molar-refractivity contribution in [3.8, 4) is 0 Å². The van der Waals surface area contributed by atoms with Crippen LogP contribution in [0.5, 0.6) is 0 Å². The first-order valence-corrected chi connectivity index (χ1v) is 12.4. The van der Waals surface area contributed by atoms with Gasteiger partial charge in [0.2, 0.25) is 11.8 Å². The molecule has 2 amide bonds. The molecule has 1 heterocycles. The number of carbonyl (C=O) groups is 2. The molecule has 3 rings (SSSR count). The number of rotatable bonds is 8.